The summed E-state index contributed by atoms with van der Waals surface area (Å²) >= 11 is 0. The maximum atomic E-state index is 13.6. The number of carbonyl (C=O) groups is 2. The van der Waals surface area contributed by atoms with E-state index in [0.29, 0.717) is 32.5 Å². The van der Waals surface area contributed by atoms with Crippen LogP contribution in [-0.2, 0) is 24.2 Å². The molecule has 1 aromatic carbocycles. The molecule has 2 aliphatic rings. The molecule has 4 rings (SSSR count). The highest BCUT2D eigenvalue weighted by Gasteiger charge is 2.29. The summed E-state index contributed by atoms with van der Waals surface area (Å²) in [6, 6.07) is 12.2. The zero-order valence-electron chi connectivity index (χ0n) is 19.6. The first-order valence-electron chi connectivity index (χ1n) is 12.0. The van der Waals surface area contributed by atoms with Crippen LogP contribution in [0.25, 0.3) is 0 Å². The third-order valence-corrected chi connectivity index (χ3v) is 6.72. The van der Waals surface area contributed by atoms with Crippen molar-refractivity contribution in [3.05, 3.63) is 58.8 Å². The number of nitrogens with zero attached hydrogens (tertiary/aromatic N) is 3. The summed E-state index contributed by atoms with van der Waals surface area (Å²) in [6.07, 6.45) is 3.64. The van der Waals surface area contributed by atoms with Crippen molar-refractivity contribution in [2.45, 2.75) is 64.5 Å². The van der Waals surface area contributed by atoms with Gasteiger partial charge in [0.15, 0.2) is 0 Å². The Labute approximate surface area is 195 Å². The van der Waals surface area contributed by atoms with Gasteiger partial charge in [0.1, 0.15) is 5.82 Å². The normalized spacial score (nSPS) is 17.5. The van der Waals surface area contributed by atoms with Gasteiger partial charge in [-0.05, 0) is 61.8 Å². The summed E-state index contributed by atoms with van der Waals surface area (Å²) in [5, 5.41) is 12.8. The molecule has 1 aromatic heterocycles. The number of carboxylic acid groups (broad SMARTS) is 1. The molecule has 0 fully saturated rings. The highest BCUT2D eigenvalue weighted by Crippen LogP contribution is 2.31. The third-order valence-electron chi connectivity index (χ3n) is 6.72. The first-order chi connectivity index (χ1) is 15.9. The second-order valence-corrected chi connectivity index (χ2v) is 9.36. The quantitative estimate of drug-likeness (QED) is 0.686. The minimum atomic E-state index is -0.801. The van der Waals surface area contributed by atoms with Crippen LogP contribution >= 0.6 is 0 Å². The number of hydrogen-bond donors (Lipinski definition) is 2. The molecule has 3 heterocycles. The van der Waals surface area contributed by atoms with E-state index in [-0.39, 0.29) is 24.4 Å². The topological polar surface area (TPSA) is 85.8 Å². The Morgan fingerprint density at radius 2 is 2.03 bits per heavy atom. The molecule has 1 unspecified atom stereocenters. The van der Waals surface area contributed by atoms with Crippen LogP contribution in [0.2, 0.25) is 0 Å². The van der Waals surface area contributed by atoms with Crippen molar-refractivity contribution >= 4 is 17.8 Å². The predicted molar refractivity (Wildman–Crippen MR) is 128 cm³/mol. The molecule has 0 radical (unpaired) electrons. The number of aromatic nitrogens is 1. The van der Waals surface area contributed by atoms with Crippen LogP contribution in [0.3, 0.4) is 0 Å². The summed E-state index contributed by atoms with van der Waals surface area (Å²) in [5.74, 6) is 0.108. The van der Waals surface area contributed by atoms with Crippen LogP contribution in [0.4, 0.5) is 10.6 Å². The van der Waals surface area contributed by atoms with Crippen molar-refractivity contribution < 1.29 is 14.7 Å². The van der Waals surface area contributed by atoms with Gasteiger partial charge in [-0.3, -0.25) is 4.79 Å². The number of aliphatic carboxylic acids is 1. The van der Waals surface area contributed by atoms with Gasteiger partial charge >= 0.3 is 12.0 Å². The van der Waals surface area contributed by atoms with Crippen molar-refractivity contribution in [2.24, 2.45) is 0 Å². The van der Waals surface area contributed by atoms with E-state index >= 15 is 0 Å². The Morgan fingerprint density at radius 1 is 1.21 bits per heavy atom. The lowest BCUT2D eigenvalue weighted by Crippen LogP contribution is -2.47. The number of nitrogens with one attached hydrogen (secondary N) is 1. The highest BCUT2D eigenvalue weighted by atomic mass is 16.4. The average molecular weight is 451 g/mol. The molecule has 2 aromatic rings. The number of aryl methyl sites for hydroxylation is 1. The van der Waals surface area contributed by atoms with Crippen molar-refractivity contribution in [1.29, 1.82) is 0 Å². The third kappa shape index (κ3) is 5.46. The Morgan fingerprint density at radius 3 is 2.82 bits per heavy atom. The maximum absolute atomic E-state index is 13.6. The van der Waals surface area contributed by atoms with E-state index in [0.717, 1.165) is 42.0 Å². The van der Waals surface area contributed by atoms with E-state index in [4.69, 9.17) is 4.98 Å². The molecule has 7 heteroatoms. The van der Waals surface area contributed by atoms with Crippen LogP contribution in [0.1, 0.15) is 61.4 Å². The van der Waals surface area contributed by atoms with Gasteiger partial charge in [-0.2, -0.15) is 0 Å². The largest absolute Gasteiger partial charge is 0.481 e. The Kier molecular flexibility index (Phi) is 7.16. The van der Waals surface area contributed by atoms with Crippen molar-refractivity contribution in [2.75, 3.05) is 25.0 Å². The molecule has 0 aliphatic carbocycles. The number of carbonyl (C=O) groups excluding carboxylic acids is 1. The van der Waals surface area contributed by atoms with E-state index in [1.54, 1.807) is 0 Å². The van der Waals surface area contributed by atoms with E-state index in [9.17, 15) is 14.7 Å². The van der Waals surface area contributed by atoms with Crippen molar-refractivity contribution in [1.82, 2.24) is 14.8 Å². The van der Waals surface area contributed by atoms with Crippen LogP contribution in [0.15, 0.2) is 36.4 Å². The fourth-order valence-corrected chi connectivity index (χ4v) is 4.91. The Bertz CT molecular complexity index is 1010. The molecular weight excluding hydrogens is 416 g/mol. The summed E-state index contributed by atoms with van der Waals surface area (Å²) < 4.78 is 0. The van der Waals surface area contributed by atoms with Gasteiger partial charge < -0.3 is 20.2 Å². The van der Waals surface area contributed by atoms with E-state index < -0.39 is 5.97 Å². The first kappa shape index (κ1) is 23.1. The van der Waals surface area contributed by atoms with Gasteiger partial charge in [0.2, 0.25) is 0 Å². The average Bonchev–Trinajstić information content (AvgIpc) is 2.98. The fraction of sp³-hybridized carbons (Fsp3) is 0.500. The molecule has 0 saturated carbocycles. The minimum absolute atomic E-state index is 0.00635. The molecule has 0 spiro atoms. The summed E-state index contributed by atoms with van der Waals surface area (Å²) in [7, 11) is 0. The predicted octanol–water partition coefficient (Wildman–Crippen LogP) is 4.28. The molecule has 176 valence electrons. The summed E-state index contributed by atoms with van der Waals surface area (Å²) in [5.41, 5.74) is 4.35. The van der Waals surface area contributed by atoms with Crippen LogP contribution < -0.4 is 5.32 Å². The number of hydrogen-bond acceptors (Lipinski definition) is 4. The number of amides is 2. The first-order valence-corrected chi connectivity index (χ1v) is 12.0. The van der Waals surface area contributed by atoms with Crippen molar-refractivity contribution in [3.8, 4) is 0 Å². The molecule has 0 saturated heterocycles. The second kappa shape index (κ2) is 10.2. The minimum Gasteiger partial charge on any atom is -0.481 e. The summed E-state index contributed by atoms with van der Waals surface area (Å²) in [6.45, 7) is 6.70. The van der Waals surface area contributed by atoms with E-state index in [1.165, 1.54) is 5.56 Å². The maximum Gasteiger partial charge on any atom is 0.320 e. The van der Waals surface area contributed by atoms with Crippen LogP contribution in [-0.4, -0.2) is 57.6 Å². The molecule has 7 nitrogen and oxygen atoms in total. The van der Waals surface area contributed by atoms with Crippen LogP contribution in [0, 0.1) is 0 Å². The van der Waals surface area contributed by atoms with Crippen LogP contribution in [0.5, 0.6) is 0 Å². The highest BCUT2D eigenvalue weighted by molar-refractivity contribution is 5.75. The van der Waals surface area contributed by atoms with Crippen molar-refractivity contribution in [3.63, 3.8) is 0 Å². The SMILES string of the molecule is CC(C)N(CCc1ccc2c(n1)NCCC2)C(=O)N1CCC(CC(=O)O)c2ccccc2C1. The number of pyridine rings is 1. The number of fused-ring (bicyclic) bond motifs is 2. The molecule has 2 amide bonds. The number of benzene rings is 1. The monoisotopic (exact) mass is 450 g/mol. The number of urea groups is 1. The zero-order chi connectivity index (χ0) is 23.4. The lowest BCUT2D eigenvalue weighted by Gasteiger charge is -2.33. The number of carboxylic acids is 1. The summed E-state index contributed by atoms with van der Waals surface area (Å²) in [4.78, 5) is 33.6. The molecule has 2 aliphatic heterocycles. The number of anilines is 1. The van der Waals surface area contributed by atoms with Gasteiger partial charge in [0, 0.05) is 44.3 Å². The van der Waals surface area contributed by atoms with E-state index in [1.807, 2.05) is 47.9 Å². The van der Waals surface area contributed by atoms with E-state index in [2.05, 4.69) is 17.4 Å². The Hall–Kier alpha value is -3.09. The van der Waals surface area contributed by atoms with Gasteiger partial charge in [0.25, 0.3) is 0 Å². The fourth-order valence-electron chi connectivity index (χ4n) is 4.91. The smallest absolute Gasteiger partial charge is 0.320 e. The lowest BCUT2D eigenvalue weighted by atomic mass is 9.90. The van der Waals surface area contributed by atoms with Gasteiger partial charge in [-0.1, -0.05) is 30.3 Å². The Balaban J connectivity index is 1.47. The van der Waals surface area contributed by atoms with Gasteiger partial charge in [-0.15, -0.1) is 0 Å². The molecule has 2 N–H and O–H groups in total. The lowest BCUT2D eigenvalue weighted by molar-refractivity contribution is -0.137. The van der Waals surface area contributed by atoms with Gasteiger partial charge in [-0.25, -0.2) is 9.78 Å². The number of rotatable bonds is 6. The second-order valence-electron chi connectivity index (χ2n) is 9.36. The zero-order valence-corrected chi connectivity index (χ0v) is 19.6. The molecule has 33 heavy (non-hydrogen) atoms. The molecular formula is C26H34N4O3. The standard InChI is InChI=1S/C26H34N4O3/c1-18(2)30(15-12-22-10-9-19-7-5-13-27-25(19)28-22)26(33)29-14-11-20(16-24(31)32)23-8-4-3-6-21(23)17-29/h3-4,6,8-10,18,20H,5,7,11-17H2,1-2H3,(H,27,28)(H,31,32). The molecule has 0 bridgehead atoms. The molecule has 1 atom stereocenters. The van der Waals surface area contributed by atoms with Gasteiger partial charge in [0.05, 0.1) is 6.42 Å².